The van der Waals surface area contributed by atoms with Gasteiger partial charge >= 0.3 is 0 Å². The summed E-state index contributed by atoms with van der Waals surface area (Å²) in [6, 6.07) is 0. The maximum absolute atomic E-state index is 6.34. The third kappa shape index (κ3) is 1.83. The summed E-state index contributed by atoms with van der Waals surface area (Å²) >= 11 is 1.79. The van der Waals surface area contributed by atoms with Crippen molar-refractivity contribution >= 4 is 11.3 Å². The molecule has 2 nitrogen and oxygen atoms in total. The van der Waals surface area contributed by atoms with Crippen LogP contribution in [0.1, 0.15) is 57.2 Å². The van der Waals surface area contributed by atoms with Gasteiger partial charge in [-0.2, -0.15) is 0 Å². The minimum atomic E-state index is -0.208. The van der Waals surface area contributed by atoms with Crippen molar-refractivity contribution in [1.29, 1.82) is 0 Å². The second-order valence-electron chi connectivity index (χ2n) is 4.96. The van der Waals surface area contributed by atoms with Crippen molar-refractivity contribution in [2.24, 2.45) is 5.73 Å². The van der Waals surface area contributed by atoms with E-state index in [-0.39, 0.29) is 5.54 Å². The molecule has 0 spiro atoms. The largest absolute Gasteiger partial charge is 0.320 e. The van der Waals surface area contributed by atoms with E-state index in [9.17, 15) is 0 Å². The molecule has 0 aromatic carbocycles. The van der Waals surface area contributed by atoms with Crippen molar-refractivity contribution in [3.05, 3.63) is 16.1 Å². The molecule has 1 aromatic rings. The van der Waals surface area contributed by atoms with Crippen LogP contribution in [0.25, 0.3) is 0 Å². The van der Waals surface area contributed by atoms with Gasteiger partial charge in [0.05, 0.1) is 16.2 Å². The predicted octanol–water partition coefficient (Wildman–Crippen LogP) is 3.17. The van der Waals surface area contributed by atoms with E-state index in [1.807, 2.05) is 0 Å². The number of aromatic nitrogens is 1. The van der Waals surface area contributed by atoms with E-state index in [0.717, 1.165) is 18.5 Å². The highest BCUT2D eigenvalue weighted by atomic mass is 32.1. The summed E-state index contributed by atoms with van der Waals surface area (Å²) in [4.78, 5) is 4.75. The zero-order valence-corrected chi connectivity index (χ0v) is 10.7. The molecule has 1 aliphatic carbocycles. The van der Waals surface area contributed by atoms with Crippen LogP contribution in [0, 0.1) is 0 Å². The van der Waals surface area contributed by atoms with Gasteiger partial charge in [0.1, 0.15) is 0 Å². The van der Waals surface area contributed by atoms with Gasteiger partial charge in [-0.3, -0.25) is 0 Å². The quantitative estimate of drug-likeness (QED) is 0.853. The molecule has 1 saturated carbocycles. The highest BCUT2D eigenvalue weighted by molar-refractivity contribution is 7.09. The fourth-order valence-electron chi connectivity index (χ4n) is 1.79. The topological polar surface area (TPSA) is 38.9 Å². The number of nitrogens with zero attached hydrogens (tertiary/aromatic N) is 1. The SMILES string of the molecule is CCC(N)(CC)c1csc(C2(C)CC2)n1. The van der Waals surface area contributed by atoms with E-state index in [4.69, 9.17) is 10.7 Å². The number of nitrogens with two attached hydrogens (primary N) is 1. The maximum Gasteiger partial charge on any atom is 0.0988 e. The van der Waals surface area contributed by atoms with Gasteiger partial charge in [-0.1, -0.05) is 20.8 Å². The van der Waals surface area contributed by atoms with Gasteiger partial charge in [-0.15, -0.1) is 11.3 Å². The lowest BCUT2D eigenvalue weighted by molar-refractivity contribution is 0.401. The van der Waals surface area contributed by atoms with Crippen LogP contribution in [0.5, 0.6) is 0 Å². The molecule has 0 saturated heterocycles. The summed E-state index contributed by atoms with van der Waals surface area (Å²) in [6.45, 7) is 6.58. The van der Waals surface area contributed by atoms with E-state index in [2.05, 4.69) is 26.2 Å². The van der Waals surface area contributed by atoms with Crippen LogP contribution in [0.2, 0.25) is 0 Å². The predicted molar refractivity (Wildman–Crippen MR) is 65.1 cm³/mol. The van der Waals surface area contributed by atoms with Gasteiger partial charge in [0.25, 0.3) is 0 Å². The summed E-state index contributed by atoms with van der Waals surface area (Å²) in [5.74, 6) is 0. The van der Waals surface area contributed by atoms with Crippen molar-refractivity contribution in [1.82, 2.24) is 4.98 Å². The number of rotatable bonds is 4. The van der Waals surface area contributed by atoms with Crippen molar-refractivity contribution < 1.29 is 0 Å². The summed E-state index contributed by atoms with van der Waals surface area (Å²) < 4.78 is 0. The summed E-state index contributed by atoms with van der Waals surface area (Å²) in [5.41, 5.74) is 7.61. The van der Waals surface area contributed by atoms with Crippen LogP contribution >= 0.6 is 11.3 Å². The van der Waals surface area contributed by atoms with Crippen LogP contribution in [0.15, 0.2) is 5.38 Å². The van der Waals surface area contributed by atoms with Crippen molar-refractivity contribution in [2.75, 3.05) is 0 Å². The Morgan fingerprint density at radius 3 is 2.53 bits per heavy atom. The molecule has 84 valence electrons. The van der Waals surface area contributed by atoms with Gasteiger partial charge in [0.2, 0.25) is 0 Å². The molecule has 0 radical (unpaired) electrons. The normalized spacial score (nSPS) is 19.2. The fourth-order valence-corrected chi connectivity index (χ4v) is 2.94. The van der Waals surface area contributed by atoms with E-state index in [0.29, 0.717) is 5.41 Å². The molecule has 15 heavy (non-hydrogen) atoms. The summed E-state index contributed by atoms with van der Waals surface area (Å²) in [7, 11) is 0. The average Bonchev–Trinajstić information content (AvgIpc) is 2.83. The molecule has 0 bridgehead atoms. The number of hydrogen-bond donors (Lipinski definition) is 1. The lowest BCUT2D eigenvalue weighted by Gasteiger charge is -2.24. The van der Waals surface area contributed by atoms with Crippen LogP contribution < -0.4 is 5.73 Å². The first-order valence-corrected chi connectivity index (χ1v) is 6.67. The minimum absolute atomic E-state index is 0.208. The Hall–Kier alpha value is -0.410. The smallest absolute Gasteiger partial charge is 0.0988 e. The zero-order valence-electron chi connectivity index (χ0n) is 9.84. The molecule has 3 heteroatoms. The maximum atomic E-state index is 6.34. The van der Waals surface area contributed by atoms with Crippen LogP contribution in [-0.4, -0.2) is 4.98 Å². The standard InChI is InChI=1S/C12H20N2S/c1-4-12(13,5-2)9-8-15-10(14-9)11(3)6-7-11/h8H,4-7,13H2,1-3H3. The highest BCUT2D eigenvalue weighted by Crippen LogP contribution is 2.49. The molecule has 0 unspecified atom stereocenters. The first kappa shape index (κ1) is 11.1. The molecular weight excluding hydrogens is 204 g/mol. The Bertz CT molecular complexity index is 348. The number of hydrogen-bond acceptors (Lipinski definition) is 3. The second kappa shape index (κ2) is 3.56. The molecule has 1 fully saturated rings. The molecule has 0 aliphatic heterocycles. The molecule has 1 aliphatic rings. The third-order valence-electron chi connectivity index (χ3n) is 3.79. The van der Waals surface area contributed by atoms with Gasteiger partial charge in [-0.25, -0.2) is 4.98 Å². The molecular formula is C12H20N2S. The van der Waals surface area contributed by atoms with Gasteiger partial charge in [0.15, 0.2) is 0 Å². The monoisotopic (exact) mass is 224 g/mol. The molecule has 0 atom stereocenters. The molecule has 1 aromatic heterocycles. The van der Waals surface area contributed by atoms with Crippen LogP contribution in [0.4, 0.5) is 0 Å². The third-order valence-corrected chi connectivity index (χ3v) is 4.94. The van der Waals surface area contributed by atoms with Crippen LogP contribution in [-0.2, 0) is 11.0 Å². The van der Waals surface area contributed by atoms with Crippen molar-refractivity contribution in [3.8, 4) is 0 Å². The number of thiazole rings is 1. The molecule has 1 heterocycles. The Labute approximate surface area is 95.9 Å². The zero-order chi connectivity index (χ0) is 11.1. The Balaban J connectivity index is 2.26. The Morgan fingerprint density at radius 2 is 2.07 bits per heavy atom. The molecule has 0 amide bonds. The fraction of sp³-hybridized carbons (Fsp3) is 0.750. The van der Waals surface area contributed by atoms with E-state index >= 15 is 0 Å². The lowest BCUT2D eigenvalue weighted by atomic mass is 9.91. The molecule has 2 N–H and O–H groups in total. The molecule has 2 rings (SSSR count). The van der Waals surface area contributed by atoms with Crippen molar-refractivity contribution in [2.45, 2.75) is 57.4 Å². The first-order valence-electron chi connectivity index (χ1n) is 5.79. The Morgan fingerprint density at radius 1 is 1.47 bits per heavy atom. The summed E-state index contributed by atoms with van der Waals surface area (Å²) in [6.07, 6.45) is 4.50. The second-order valence-corrected chi connectivity index (χ2v) is 5.82. The van der Waals surface area contributed by atoms with E-state index in [1.54, 1.807) is 11.3 Å². The van der Waals surface area contributed by atoms with Crippen LogP contribution in [0.3, 0.4) is 0 Å². The van der Waals surface area contributed by atoms with E-state index < -0.39 is 0 Å². The van der Waals surface area contributed by atoms with Gasteiger partial charge in [-0.05, 0) is 25.7 Å². The lowest BCUT2D eigenvalue weighted by Crippen LogP contribution is -2.35. The highest BCUT2D eigenvalue weighted by Gasteiger charge is 2.42. The van der Waals surface area contributed by atoms with Crippen molar-refractivity contribution in [3.63, 3.8) is 0 Å². The summed E-state index contributed by atoms with van der Waals surface area (Å²) in [5, 5.41) is 3.44. The average molecular weight is 224 g/mol. The van der Waals surface area contributed by atoms with Gasteiger partial charge < -0.3 is 5.73 Å². The van der Waals surface area contributed by atoms with Gasteiger partial charge in [0, 0.05) is 10.8 Å². The minimum Gasteiger partial charge on any atom is -0.320 e. The Kier molecular flexibility index (Phi) is 2.63. The first-order chi connectivity index (χ1) is 7.04. The van der Waals surface area contributed by atoms with E-state index in [1.165, 1.54) is 17.8 Å².